The van der Waals surface area contributed by atoms with Crippen LogP contribution in [0.25, 0.3) is 0 Å². The van der Waals surface area contributed by atoms with Crippen LogP contribution in [-0.2, 0) is 6.54 Å². The molecule has 0 spiro atoms. The van der Waals surface area contributed by atoms with Gasteiger partial charge in [-0.2, -0.15) is 0 Å². The average molecular weight is 343 g/mol. The Morgan fingerprint density at radius 2 is 2.17 bits per heavy atom. The normalized spacial score (nSPS) is 12.5. The third-order valence-corrected chi connectivity index (χ3v) is 4.46. The smallest absolute Gasteiger partial charge is 0.192 e. The van der Waals surface area contributed by atoms with Crippen LogP contribution < -0.4 is 15.4 Å². The van der Waals surface area contributed by atoms with E-state index in [4.69, 9.17) is 9.73 Å². The van der Waals surface area contributed by atoms with Crippen molar-refractivity contribution in [2.24, 2.45) is 4.99 Å². The number of nitrogens with zero attached hydrogens (tertiary/aromatic N) is 1. The Morgan fingerprint density at radius 3 is 2.88 bits per heavy atom. The maximum Gasteiger partial charge on any atom is 0.192 e. The molecule has 0 aliphatic rings. The zero-order valence-corrected chi connectivity index (χ0v) is 15.1. The van der Waals surface area contributed by atoms with Gasteiger partial charge in [0.15, 0.2) is 5.96 Å². The van der Waals surface area contributed by atoms with E-state index in [1.807, 2.05) is 24.3 Å². The van der Waals surface area contributed by atoms with Crippen LogP contribution in [0.15, 0.2) is 59.4 Å². The molecule has 0 aliphatic heterocycles. The predicted octanol–water partition coefficient (Wildman–Crippen LogP) is 4.13. The topological polar surface area (TPSA) is 45.6 Å². The van der Waals surface area contributed by atoms with Crippen LogP contribution in [0, 0.1) is 0 Å². The Hall–Kier alpha value is -2.27. The van der Waals surface area contributed by atoms with Gasteiger partial charge in [0, 0.05) is 17.0 Å². The summed E-state index contributed by atoms with van der Waals surface area (Å²) in [6, 6.07) is 12.4. The Balaban J connectivity index is 2.06. The first-order valence-electron chi connectivity index (χ1n) is 8.14. The highest BCUT2D eigenvalue weighted by Gasteiger charge is 2.09. The second-order valence-electron chi connectivity index (χ2n) is 5.28. The second-order valence-corrected chi connectivity index (χ2v) is 6.26. The first-order valence-corrected chi connectivity index (χ1v) is 9.02. The maximum absolute atomic E-state index is 5.69. The minimum atomic E-state index is 0.218. The lowest BCUT2D eigenvalue weighted by molar-refractivity contribution is 0.359. The molecule has 0 fully saturated rings. The number of nitrogens with one attached hydrogen (secondary N) is 2. The molecule has 0 saturated carbocycles. The predicted molar refractivity (Wildman–Crippen MR) is 103 cm³/mol. The van der Waals surface area contributed by atoms with Gasteiger partial charge in [-0.3, -0.25) is 0 Å². The van der Waals surface area contributed by atoms with Gasteiger partial charge in [0.1, 0.15) is 12.4 Å². The molecule has 0 aliphatic carbocycles. The third kappa shape index (κ3) is 5.42. The van der Waals surface area contributed by atoms with Crippen molar-refractivity contribution in [1.29, 1.82) is 0 Å². The van der Waals surface area contributed by atoms with Crippen molar-refractivity contribution in [3.05, 3.63) is 64.9 Å². The molecule has 0 radical (unpaired) electrons. The summed E-state index contributed by atoms with van der Waals surface area (Å²) >= 11 is 1.74. The van der Waals surface area contributed by atoms with Gasteiger partial charge in [-0.05, 0) is 31.4 Å². The van der Waals surface area contributed by atoms with E-state index < -0.39 is 0 Å². The van der Waals surface area contributed by atoms with Crippen molar-refractivity contribution in [2.45, 2.75) is 26.4 Å². The number of rotatable bonds is 8. The van der Waals surface area contributed by atoms with E-state index in [1.54, 1.807) is 17.4 Å². The highest BCUT2D eigenvalue weighted by molar-refractivity contribution is 7.10. The molecule has 4 nitrogen and oxygen atoms in total. The summed E-state index contributed by atoms with van der Waals surface area (Å²) in [5.74, 6) is 1.65. The van der Waals surface area contributed by atoms with Crippen LogP contribution >= 0.6 is 11.3 Å². The molecule has 1 aromatic carbocycles. The quantitative estimate of drug-likeness (QED) is 0.430. The lowest BCUT2D eigenvalue weighted by Gasteiger charge is -2.17. The van der Waals surface area contributed by atoms with Crippen LogP contribution in [0.4, 0.5) is 0 Å². The Bertz CT molecular complexity index is 652. The molecule has 128 valence electrons. The summed E-state index contributed by atoms with van der Waals surface area (Å²) < 4.78 is 5.69. The van der Waals surface area contributed by atoms with Crippen molar-refractivity contribution in [2.75, 3.05) is 13.2 Å². The van der Waals surface area contributed by atoms with Gasteiger partial charge in [-0.15, -0.1) is 11.3 Å². The molecule has 0 saturated heterocycles. The van der Waals surface area contributed by atoms with Crippen molar-refractivity contribution in [3.63, 3.8) is 0 Å². The van der Waals surface area contributed by atoms with Crippen LogP contribution in [0.1, 0.15) is 30.3 Å². The minimum Gasteiger partial charge on any atom is -0.489 e. The summed E-state index contributed by atoms with van der Waals surface area (Å²) in [7, 11) is 0. The van der Waals surface area contributed by atoms with Crippen LogP contribution in [0.2, 0.25) is 0 Å². The summed E-state index contributed by atoms with van der Waals surface area (Å²) in [6.45, 7) is 9.76. The van der Waals surface area contributed by atoms with Crippen molar-refractivity contribution < 1.29 is 4.74 Å². The summed E-state index contributed by atoms with van der Waals surface area (Å²) in [6.07, 6.45) is 1.74. The van der Waals surface area contributed by atoms with Crippen molar-refractivity contribution in [3.8, 4) is 5.75 Å². The molecule has 1 atom stereocenters. The monoisotopic (exact) mass is 343 g/mol. The van der Waals surface area contributed by atoms with Crippen molar-refractivity contribution >= 4 is 17.3 Å². The Kier molecular flexibility index (Phi) is 7.36. The van der Waals surface area contributed by atoms with Crippen LogP contribution in [0.5, 0.6) is 5.75 Å². The summed E-state index contributed by atoms with van der Waals surface area (Å²) in [5.41, 5.74) is 1.06. The molecule has 24 heavy (non-hydrogen) atoms. The lowest BCUT2D eigenvalue weighted by atomic mass is 10.2. The first kappa shape index (κ1) is 18.1. The van der Waals surface area contributed by atoms with Gasteiger partial charge >= 0.3 is 0 Å². The second kappa shape index (κ2) is 9.78. The fourth-order valence-corrected chi connectivity index (χ4v) is 2.96. The molecule has 1 heterocycles. The zero-order chi connectivity index (χ0) is 17.2. The van der Waals surface area contributed by atoms with E-state index in [0.29, 0.717) is 13.2 Å². The molecule has 1 unspecified atom stereocenters. The molecule has 5 heteroatoms. The third-order valence-electron chi connectivity index (χ3n) is 3.40. The van der Waals surface area contributed by atoms with Gasteiger partial charge in [0.2, 0.25) is 0 Å². The van der Waals surface area contributed by atoms with Gasteiger partial charge in [-0.1, -0.05) is 36.9 Å². The van der Waals surface area contributed by atoms with Gasteiger partial charge in [0.05, 0.1) is 12.6 Å². The van der Waals surface area contributed by atoms with Gasteiger partial charge in [-0.25, -0.2) is 4.99 Å². The van der Waals surface area contributed by atoms with Gasteiger partial charge in [0.25, 0.3) is 0 Å². The number of hydrogen-bond acceptors (Lipinski definition) is 3. The first-order chi connectivity index (χ1) is 11.7. The molecule has 2 aromatic rings. The van der Waals surface area contributed by atoms with E-state index in [0.717, 1.165) is 23.8 Å². The van der Waals surface area contributed by atoms with Crippen molar-refractivity contribution in [1.82, 2.24) is 10.6 Å². The van der Waals surface area contributed by atoms with E-state index >= 15 is 0 Å². The Labute approximate surface area is 148 Å². The number of thiophene rings is 1. The van der Waals surface area contributed by atoms with E-state index in [9.17, 15) is 0 Å². The summed E-state index contributed by atoms with van der Waals surface area (Å²) in [4.78, 5) is 5.98. The molecular formula is C19H25N3OS. The lowest BCUT2D eigenvalue weighted by Crippen LogP contribution is -2.38. The maximum atomic E-state index is 5.69. The van der Waals surface area contributed by atoms with E-state index in [1.165, 1.54) is 4.88 Å². The molecule has 0 bridgehead atoms. The van der Waals surface area contributed by atoms with E-state index in [2.05, 4.69) is 48.6 Å². The largest absolute Gasteiger partial charge is 0.489 e. The number of aliphatic imine (C=N–C) groups is 1. The Morgan fingerprint density at radius 1 is 1.33 bits per heavy atom. The SMILES string of the molecule is C=CCOc1ccccc1CN=C(NCC)NC(C)c1cccs1. The molecule has 2 N–H and O–H groups in total. The number of para-hydroxylation sites is 1. The van der Waals surface area contributed by atoms with Gasteiger partial charge < -0.3 is 15.4 Å². The standard InChI is InChI=1S/C19H25N3OS/c1-4-12-23-17-10-7-6-9-16(17)14-21-19(20-5-2)22-15(3)18-11-8-13-24-18/h4,6-11,13,15H,1,5,12,14H2,2-3H3,(H2,20,21,22). The van der Waals surface area contributed by atoms with Crippen LogP contribution in [0.3, 0.4) is 0 Å². The fraction of sp³-hybridized carbons (Fsp3) is 0.316. The highest BCUT2D eigenvalue weighted by Crippen LogP contribution is 2.20. The molecule has 2 rings (SSSR count). The highest BCUT2D eigenvalue weighted by atomic mass is 32.1. The van der Waals surface area contributed by atoms with E-state index in [-0.39, 0.29) is 6.04 Å². The summed E-state index contributed by atoms with van der Waals surface area (Å²) in [5, 5.41) is 8.83. The zero-order valence-electron chi connectivity index (χ0n) is 14.3. The number of ether oxygens (including phenoxy) is 1. The number of benzene rings is 1. The molecule has 0 amide bonds. The average Bonchev–Trinajstić information content (AvgIpc) is 3.13. The number of guanidine groups is 1. The minimum absolute atomic E-state index is 0.218. The fourth-order valence-electron chi connectivity index (χ4n) is 2.22. The molecular weight excluding hydrogens is 318 g/mol. The number of hydrogen-bond donors (Lipinski definition) is 2. The van der Waals surface area contributed by atoms with Crippen LogP contribution in [-0.4, -0.2) is 19.1 Å². The molecule has 1 aromatic heterocycles.